The molecule has 2 amide bonds. The van der Waals surface area contributed by atoms with E-state index >= 15 is 0 Å². The van der Waals surface area contributed by atoms with Crippen molar-refractivity contribution in [3.63, 3.8) is 0 Å². The molecule has 1 aromatic carbocycles. The van der Waals surface area contributed by atoms with Gasteiger partial charge in [0, 0.05) is 11.6 Å². The van der Waals surface area contributed by atoms with Gasteiger partial charge >= 0.3 is 12.0 Å². The second-order valence-electron chi connectivity index (χ2n) is 4.87. The van der Waals surface area contributed by atoms with Crippen molar-refractivity contribution in [2.24, 2.45) is 5.73 Å². The summed E-state index contributed by atoms with van der Waals surface area (Å²) in [6.45, 7) is 0.672. The summed E-state index contributed by atoms with van der Waals surface area (Å²) in [5.74, 6) is -0.209. The number of benzene rings is 1. The highest BCUT2D eigenvalue weighted by Gasteiger charge is 2.52. The number of nitrogens with two attached hydrogens (primary N) is 1. The minimum Gasteiger partial charge on any atom is -0.465 e. The Bertz CT molecular complexity index is 498. The van der Waals surface area contributed by atoms with Crippen LogP contribution in [-0.4, -0.2) is 25.2 Å². The average molecular weight is 297 g/mol. The Morgan fingerprint density at radius 2 is 1.95 bits per heavy atom. The number of urea groups is 1. The number of carbonyl (C=O) groups excluding carboxylic acids is 2. The van der Waals surface area contributed by atoms with E-state index in [4.69, 9.17) is 22.1 Å². The second kappa shape index (κ2) is 6.13. The lowest BCUT2D eigenvalue weighted by Crippen LogP contribution is -2.31. The van der Waals surface area contributed by atoms with Crippen LogP contribution >= 0.6 is 11.6 Å². The molecule has 1 aromatic rings. The van der Waals surface area contributed by atoms with E-state index in [0.717, 1.165) is 18.4 Å². The number of rotatable bonds is 6. The standard InChI is InChI=1S/C14H17ClN2O3/c15-11-4-2-10(3-5-11)14(6-7-14)12(18)20-9-1-8-17-13(16)19/h2-5H,1,6-9H2,(H3,16,17,19). The van der Waals surface area contributed by atoms with E-state index in [1.165, 1.54) is 0 Å². The third kappa shape index (κ3) is 3.42. The number of hydrogen-bond acceptors (Lipinski definition) is 3. The summed E-state index contributed by atoms with van der Waals surface area (Å²) in [4.78, 5) is 22.6. The highest BCUT2D eigenvalue weighted by molar-refractivity contribution is 6.30. The highest BCUT2D eigenvalue weighted by atomic mass is 35.5. The van der Waals surface area contributed by atoms with Crippen molar-refractivity contribution in [3.05, 3.63) is 34.9 Å². The molecule has 2 rings (SSSR count). The summed E-state index contributed by atoms with van der Waals surface area (Å²) in [7, 11) is 0. The molecule has 0 spiro atoms. The van der Waals surface area contributed by atoms with Gasteiger partial charge in [0.15, 0.2) is 0 Å². The molecular weight excluding hydrogens is 280 g/mol. The van der Waals surface area contributed by atoms with Gasteiger partial charge in [0.2, 0.25) is 0 Å². The van der Waals surface area contributed by atoms with Gasteiger partial charge < -0.3 is 15.8 Å². The molecule has 0 bridgehead atoms. The Morgan fingerprint density at radius 3 is 2.50 bits per heavy atom. The number of amides is 2. The van der Waals surface area contributed by atoms with Crippen LogP contribution in [-0.2, 0) is 14.9 Å². The molecule has 0 saturated heterocycles. The Kier molecular flexibility index (Phi) is 4.49. The zero-order valence-electron chi connectivity index (χ0n) is 11.0. The van der Waals surface area contributed by atoms with E-state index in [1.807, 2.05) is 12.1 Å². The lowest BCUT2D eigenvalue weighted by molar-refractivity contribution is -0.146. The van der Waals surface area contributed by atoms with E-state index in [-0.39, 0.29) is 12.6 Å². The molecule has 6 heteroatoms. The molecule has 1 saturated carbocycles. The predicted molar refractivity (Wildman–Crippen MR) is 75.5 cm³/mol. The fraction of sp³-hybridized carbons (Fsp3) is 0.429. The van der Waals surface area contributed by atoms with E-state index in [1.54, 1.807) is 12.1 Å². The third-order valence-corrected chi connectivity index (χ3v) is 3.64. The van der Waals surface area contributed by atoms with Crippen LogP contribution in [0.25, 0.3) is 0 Å². The molecule has 0 aliphatic heterocycles. The first-order chi connectivity index (χ1) is 9.54. The van der Waals surface area contributed by atoms with Crippen LogP contribution in [0.15, 0.2) is 24.3 Å². The fourth-order valence-corrected chi connectivity index (χ4v) is 2.22. The number of esters is 1. The maximum Gasteiger partial charge on any atom is 0.316 e. The Balaban J connectivity index is 1.83. The Morgan fingerprint density at radius 1 is 1.30 bits per heavy atom. The normalized spacial score (nSPS) is 15.4. The fourth-order valence-electron chi connectivity index (χ4n) is 2.09. The van der Waals surface area contributed by atoms with Crippen molar-refractivity contribution in [2.75, 3.05) is 13.2 Å². The Hall–Kier alpha value is -1.75. The summed E-state index contributed by atoms with van der Waals surface area (Å²) in [6, 6.07) is 6.72. The molecule has 0 unspecified atom stereocenters. The lowest BCUT2D eigenvalue weighted by Gasteiger charge is -2.15. The van der Waals surface area contributed by atoms with Crippen LogP contribution in [0.5, 0.6) is 0 Å². The molecule has 3 N–H and O–H groups in total. The minimum absolute atomic E-state index is 0.209. The SMILES string of the molecule is NC(=O)NCCCOC(=O)C1(c2ccc(Cl)cc2)CC1. The van der Waals surface area contributed by atoms with Crippen LogP contribution in [0, 0.1) is 0 Å². The van der Waals surface area contributed by atoms with Crippen molar-refractivity contribution in [1.29, 1.82) is 0 Å². The van der Waals surface area contributed by atoms with Crippen LogP contribution in [0.1, 0.15) is 24.8 Å². The first-order valence-electron chi connectivity index (χ1n) is 6.51. The molecule has 1 aliphatic rings. The predicted octanol–water partition coefficient (Wildman–Crippen LogP) is 1.97. The topological polar surface area (TPSA) is 81.4 Å². The first-order valence-corrected chi connectivity index (χ1v) is 6.89. The van der Waals surface area contributed by atoms with Crippen LogP contribution in [0.3, 0.4) is 0 Å². The lowest BCUT2D eigenvalue weighted by atomic mass is 9.96. The van der Waals surface area contributed by atoms with Gasteiger partial charge in [-0.25, -0.2) is 4.79 Å². The molecule has 20 heavy (non-hydrogen) atoms. The second-order valence-corrected chi connectivity index (χ2v) is 5.31. The van der Waals surface area contributed by atoms with Crippen LogP contribution < -0.4 is 11.1 Å². The molecule has 0 aromatic heterocycles. The van der Waals surface area contributed by atoms with Gasteiger partial charge in [-0.1, -0.05) is 23.7 Å². The molecular formula is C14H17ClN2O3. The average Bonchev–Trinajstić information content (AvgIpc) is 3.20. The summed E-state index contributed by atoms with van der Waals surface area (Å²) in [5, 5.41) is 3.09. The summed E-state index contributed by atoms with van der Waals surface area (Å²) >= 11 is 5.84. The zero-order chi connectivity index (χ0) is 14.6. The minimum atomic E-state index is -0.573. The number of primary amides is 1. The third-order valence-electron chi connectivity index (χ3n) is 3.39. The number of carbonyl (C=O) groups is 2. The number of halogens is 1. The van der Waals surface area contributed by atoms with Gasteiger partial charge in [-0.2, -0.15) is 0 Å². The summed E-state index contributed by atoms with van der Waals surface area (Å²) in [5.41, 5.74) is 5.38. The van der Waals surface area contributed by atoms with E-state index < -0.39 is 11.4 Å². The molecule has 0 radical (unpaired) electrons. The van der Waals surface area contributed by atoms with Gasteiger partial charge in [-0.3, -0.25) is 4.79 Å². The van der Waals surface area contributed by atoms with Crippen molar-refractivity contribution in [3.8, 4) is 0 Å². The van der Waals surface area contributed by atoms with E-state index in [0.29, 0.717) is 18.0 Å². The van der Waals surface area contributed by atoms with Crippen molar-refractivity contribution < 1.29 is 14.3 Å². The molecule has 1 fully saturated rings. The summed E-state index contributed by atoms with van der Waals surface area (Å²) < 4.78 is 5.27. The maximum absolute atomic E-state index is 12.1. The number of ether oxygens (including phenoxy) is 1. The van der Waals surface area contributed by atoms with Gasteiger partial charge in [-0.05, 0) is 37.0 Å². The largest absolute Gasteiger partial charge is 0.465 e. The van der Waals surface area contributed by atoms with Crippen molar-refractivity contribution >= 4 is 23.6 Å². The van der Waals surface area contributed by atoms with E-state index in [9.17, 15) is 9.59 Å². The van der Waals surface area contributed by atoms with Gasteiger partial charge in [0.05, 0.1) is 12.0 Å². The summed E-state index contributed by atoms with van der Waals surface area (Å²) in [6.07, 6.45) is 2.14. The van der Waals surface area contributed by atoms with Crippen molar-refractivity contribution in [2.45, 2.75) is 24.7 Å². The number of hydrogen-bond donors (Lipinski definition) is 2. The Labute approximate surface area is 122 Å². The smallest absolute Gasteiger partial charge is 0.316 e. The monoisotopic (exact) mass is 296 g/mol. The van der Waals surface area contributed by atoms with Gasteiger partial charge in [0.1, 0.15) is 0 Å². The maximum atomic E-state index is 12.1. The molecule has 0 atom stereocenters. The van der Waals surface area contributed by atoms with E-state index in [2.05, 4.69) is 5.32 Å². The zero-order valence-corrected chi connectivity index (χ0v) is 11.8. The molecule has 0 heterocycles. The quantitative estimate of drug-likeness (QED) is 0.622. The number of nitrogens with one attached hydrogen (secondary N) is 1. The van der Waals surface area contributed by atoms with Crippen molar-refractivity contribution in [1.82, 2.24) is 5.32 Å². The molecule has 108 valence electrons. The van der Waals surface area contributed by atoms with Crippen LogP contribution in [0.2, 0.25) is 5.02 Å². The first kappa shape index (κ1) is 14.7. The van der Waals surface area contributed by atoms with Crippen LogP contribution in [0.4, 0.5) is 4.79 Å². The molecule has 5 nitrogen and oxygen atoms in total. The van der Waals surface area contributed by atoms with Gasteiger partial charge in [0.25, 0.3) is 0 Å². The molecule has 1 aliphatic carbocycles. The highest BCUT2D eigenvalue weighted by Crippen LogP contribution is 2.49. The van der Waals surface area contributed by atoms with Gasteiger partial charge in [-0.15, -0.1) is 0 Å².